The highest BCUT2D eigenvalue weighted by molar-refractivity contribution is 5.93. The lowest BCUT2D eigenvalue weighted by atomic mass is 10.1. The molecule has 0 spiro atoms. The van der Waals surface area contributed by atoms with E-state index in [2.05, 4.69) is 15.4 Å². The molecule has 0 bridgehead atoms. The van der Waals surface area contributed by atoms with Gasteiger partial charge in [-0.3, -0.25) is 9.48 Å². The first-order valence-electron chi connectivity index (χ1n) is 7.94. The molecule has 3 rings (SSSR count). The Bertz CT molecular complexity index is 766. The lowest BCUT2D eigenvalue weighted by Crippen LogP contribution is -2.15. The molecule has 136 valence electrons. The molecule has 1 aliphatic rings. The van der Waals surface area contributed by atoms with Crippen LogP contribution in [0.3, 0.4) is 0 Å². The van der Waals surface area contributed by atoms with E-state index in [9.17, 15) is 18.0 Å². The number of aryl methyl sites for hydroxylation is 1. The van der Waals surface area contributed by atoms with Crippen LogP contribution >= 0.6 is 0 Å². The Morgan fingerprint density at radius 1 is 1.32 bits per heavy atom. The monoisotopic (exact) mass is 355 g/mol. The van der Waals surface area contributed by atoms with E-state index in [1.165, 1.54) is 19.2 Å². The van der Waals surface area contributed by atoms with Gasteiger partial charge in [-0.2, -0.15) is 18.3 Å². The van der Waals surface area contributed by atoms with Crippen LogP contribution in [0.25, 0.3) is 11.3 Å². The Morgan fingerprint density at radius 3 is 2.44 bits per heavy atom. The van der Waals surface area contributed by atoms with Crippen molar-refractivity contribution < 1.29 is 18.0 Å². The van der Waals surface area contributed by atoms with Crippen LogP contribution in [0.15, 0.2) is 18.2 Å². The van der Waals surface area contributed by atoms with E-state index in [1.807, 2.05) is 13.8 Å². The fourth-order valence-electron chi connectivity index (χ4n) is 2.19. The summed E-state index contributed by atoms with van der Waals surface area (Å²) in [6, 6.07) is 3.93. The van der Waals surface area contributed by atoms with Crippen molar-refractivity contribution in [2.75, 3.05) is 11.1 Å². The number of pyridine rings is 1. The highest BCUT2D eigenvalue weighted by Crippen LogP contribution is 2.34. The van der Waals surface area contributed by atoms with E-state index in [0.29, 0.717) is 5.56 Å². The van der Waals surface area contributed by atoms with E-state index in [1.54, 1.807) is 0 Å². The maximum Gasteiger partial charge on any atom is 0.435 e. The molecule has 1 fully saturated rings. The van der Waals surface area contributed by atoms with Gasteiger partial charge in [-0.15, -0.1) is 0 Å². The third-order valence-electron chi connectivity index (χ3n) is 3.57. The van der Waals surface area contributed by atoms with Crippen LogP contribution in [0.2, 0.25) is 0 Å². The number of nitrogen functional groups attached to an aromatic ring is 1. The van der Waals surface area contributed by atoms with Crippen molar-refractivity contribution in [3.05, 3.63) is 23.9 Å². The van der Waals surface area contributed by atoms with E-state index in [-0.39, 0.29) is 29.2 Å². The van der Waals surface area contributed by atoms with Crippen LogP contribution in [-0.4, -0.2) is 20.7 Å². The topological polar surface area (TPSA) is 85.8 Å². The van der Waals surface area contributed by atoms with Crippen molar-refractivity contribution >= 4 is 17.5 Å². The fraction of sp³-hybridized carbons (Fsp3) is 0.438. The second kappa shape index (κ2) is 7.12. The number of hydrogen-bond acceptors (Lipinski definition) is 4. The largest absolute Gasteiger partial charge is 0.435 e. The predicted molar refractivity (Wildman–Crippen MR) is 88.6 cm³/mol. The van der Waals surface area contributed by atoms with Crippen molar-refractivity contribution in [2.45, 2.75) is 32.9 Å². The number of hydrogen-bond donors (Lipinski definition) is 2. The number of nitrogens with zero attached hydrogens (tertiary/aromatic N) is 3. The third kappa shape index (κ3) is 4.28. The van der Waals surface area contributed by atoms with Gasteiger partial charge in [0.05, 0.1) is 5.69 Å². The number of anilines is 2. The number of alkyl halides is 3. The minimum absolute atomic E-state index is 0.0177. The Kier molecular flexibility index (Phi) is 5.34. The van der Waals surface area contributed by atoms with E-state index in [4.69, 9.17) is 5.73 Å². The summed E-state index contributed by atoms with van der Waals surface area (Å²) < 4.78 is 39.2. The molecule has 6 nitrogen and oxygen atoms in total. The van der Waals surface area contributed by atoms with Gasteiger partial charge in [0, 0.05) is 18.5 Å². The summed E-state index contributed by atoms with van der Waals surface area (Å²) >= 11 is 0. The fourth-order valence-corrected chi connectivity index (χ4v) is 2.19. The van der Waals surface area contributed by atoms with E-state index < -0.39 is 11.9 Å². The summed E-state index contributed by atoms with van der Waals surface area (Å²) in [5.74, 6) is 0.199. The van der Waals surface area contributed by atoms with Gasteiger partial charge in [0.25, 0.3) is 0 Å². The minimum Gasteiger partial charge on any atom is -0.383 e. The predicted octanol–water partition coefficient (Wildman–Crippen LogP) is 3.46. The number of aromatic nitrogens is 3. The number of nitrogens with one attached hydrogen (secondary N) is 1. The Labute approximate surface area is 143 Å². The second-order valence-electron chi connectivity index (χ2n) is 5.43. The molecule has 9 heteroatoms. The lowest BCUT2D eigenvalue weighted by Gasteiger charge is -2.08. The molecule has 0 unspecified atom stereocenters. The molecule has 1 amide bonds. The lowest BCUT2D eigenvalue weighted by molar-refractivity contribution is -0.141. The third-order valence-corrected chi connectivity index (χ3v) is 3.57. The smallest absolute Gasteiger partial charge is 0.383 e. The summed E-state index contributed by atoms with van der Waals surface area (Å²) in [4.78, 5) is 15.7. The summed E-state index contributed by atoms with van der Waals surface area (Å²) in [5, 5.41) is 6.08. The molecule has 1 saturated carbocycles. The van der Waals surface area contributed by atoms with E-state index >= 15 is 0 Å². The molecule has 0 aromatic carbocycles. The first-order chi connectivity index (χ1) is 11.8. The van der Waals surface area contributed by atoms with Gasteiger partial charge in [0.15, 0.2) is 5.69 Å². The first-order valence-corrected chi connectivity index (χ1v) is 7.94. The number of nitrogens with two attached hydrogens (primary N) is 1. The van der Waals surface area contributed by atoms with Gasteiger partial charge in [-0.05, 0) is 31.0 Å². The van der Waals surface area contributed by atoms with Crippen LogP contribution < -0.4 is 11.1 Å². The molecule has 0 aliphatic heterocycles. The van der Waals surface area contributed by atoms with Gasteiger partial charge in [0.2, 0.25) is 5.91 Å². The minimum atomic E-state index is -4.53. The molecule has 1 aliphatic carbocycles. The average Bonchev–Trinajstić information content (AvgIpc) is 3.32. The van der Waals surface area contributed by atoms with Crippen LogP contribution in [0, 0.1) is 5.92 Å². The standard InChI is InChI=1S/C14H14F3N5O.C2H6/c1-22-9(6-10(21-22)14(15,16)17)8-4-5-11(19-12(8)18)20-13(23)7-2-3-7;1-2/h4-7H,2-3H2,1H3,(H3,18,19,20,23);1-2H3. The SMILES string of the molecule is CC.Cn1nc(C(F)(F)F)cc1-c1ccc(NC(=O)C2CC2)nc1N. The van der Waals surface area contributed by atoms with E-state index in [0.717, 1.165) is 23.6 Å². The van der Waals surface area contributed by atoms with Crippen LogP contribution in [0.4, 0.5) is 24.8 Å². The zero-order chi connectivity index (χ0) is 18.8. The average molecular weight is 355 g/mol. The van der Waals surface area contributed by atoms with Crippen LogP contribution in [-0.2, 0) is 18.0 Å². The molecule has 2 heterocycles. The number of amides is 1. The molecule has 0 saturated heterocycles. The molecular weight excluding hydrogens is 335 g/mol. The molecule has 25 heavy (non-hydrogen) atoms. The zero-order valence-electron chi connectivity index (χ0n) is 14.2. The van der Waals surface area contributed by atoms with Crippen molar-refractivity contribution in [3.8, 4) is 11.3 Å². The summed E-state index contributed by atoms with van der Waals surface area (Å²) in [6.45, 7) is 4.00. The highest BCUT2D eigenvalue weighted by Gasteiger charge is 2.35. The van der Waals surface area contributed by atoms with Gasteiger partial charge in [-0.1, -0.05) is 13.8 Å². The highest BCUT2D eigenvalue weighted by atomic mass is 19.4. The van der Waals surface area contributed by atoms with Crippen molar-refractivity contribution in [1.82, 2.24) is 14.8 Å². The molecule has 2 aromatic rings. The Hall–Kier alpha value is -2.58. The summed E-state index contributed by atoms with van der Waals surface area (Å²) in [7, 11) is 1.40. The number of halogens is 3. The molecule has 0 atom stereocenters. The van der Waals surface area contributed by atoms with Crippen LogP contribution in [0.1, 0.15) is 32.4 Å². The molecular formula is C16H20F3N5O. The molecule has 0 radical (unpaired) electrons. The normalized spacial score (nSPS) is 13.8. The van der Waals surface area contributed by atoms with Crippen LogP contribution in [0.5, 0.6) is 0 Å². The Balaban J connectivity index is 0.00000109. The molecule has 3 N–H and O–H groups in total. The van der Waals surface area contributed by atoms with Crippen molar-refractivity contribution in [3.63, 3.8) is 0 Å². The summed E-state index contributed by atoms with van der Waals surface area (Å²) in [5.41, 5.74) is 5.34. The quantitative estimate of drug-likeness (QED) is 0.883. The number of carbonyl (C=O) groups is 1. The number of rotatable bonds is 3. The molecule has 2 aromatic heterocycles. The van der Waals surface area contributed by atoms with Gasteiger partial charge in [-0.25, -0.2) is 4.98 Å². The van der Waals surface area contributed by atoms with Crippen molar-refractivity contribution in [1.29, 1.82) is 0 Å². The number of carbonyl (C=O) groups excluding carboxylic acids is 1. The van der Waals surface area contributed by atoms with Gasteiger partial charge >= 0.3 is 6.18 Å². The maximum absolute atomic E-state index is 12.7. The first kappa shape index (κ1) is 18.8. The Morgan fingerprint density at radius 2 is 1.96 bits per heavy atom. The van der Waals surface area contributed by atoms with Crippen molar-refractivity contribution in [2.24, 2.45) is 13.0 Å². The van der Waals surface area contributed by atoms with Gasteiger partial charge in [0.1, 0.15) is 11.6 Å². The maximum atomic E-state index is 12.7. The second-order valence-corrected chi connectivity index (χ2v) is 5.43. The summed E-state index contributed by atoms with van der Waals surface area (Å²) in [6.07, 6.45) is -2.82. The zero-order valence-corrected chi connectivity index (χ0v) is 14.2. The van der Waals surface area contributed by atoms with Gasteiger partial charge < -0.3 is 11.1 Å².